The molecular formula is C13H15F3O3. The summed E-state index contributed by atoms with van der Waals surface area (Å²) in [5, 5.41) is 8.96. The molecule has 0 aliphatic heterocycles. The standard InChI is InChI=1S/C13H15F3O3/c1-19-11-4-2-3-9(8-11)7-10(12(17)18)5-6-13(14,15)16/h2-4,8,10H,5-7H2,1H3,(H,17,18). The van der Waals surface area contributed by atoms with Gasteiger partial charge < -0.3 is 9.84 Å². The van der Waals surface area contributed by atoms with E-state index in [2.05, 4.69) is 0 Å². The Hall–Kier alpha value is -1.72. The second kappa shape index (κ2) is 6.45. The molecule has 1 atom stereocenters. The Balaban J connectivity index is 2.70. The number of carboxylic acids is 1. The zero-order valence-electron chi connectivity index (χ0n) is 10.4. The molecule has 0 saturated heterocycles. The highest BCUT2D eigenvalue weighted by atomic mass is 19.4. The lowest BCUT2D eigenvalue weighted by Gasteiger charge is -2.14. The van der Waals surface area contributed by atoms with Crippen molar-refractivity contribution in [2.45, 2.75) is 25.4 Å². The van der Waals surface area contributed by atoms with Gasteiger partial charge in [0.1, 0.15) is 5.75 Å². The molecule has 0 heterocycles. The lowest BCUT2D eigenvalue weighted by atomic mass is 9.94. The highest BCUT2D eigenvalue weighted by Gasteiger charge is 2.30. The summed E-state index contributed by atoms with van der Waals surface area (Å²) in [5.74, 6) is -1.71. The molecular weight excluding hydrogens is 261 g/mol. The summed E-state index contributed by atoms with van der Waals surface area (Å²) in [7, 11) is 1.47. The molecule has 0 radical (unpaired) electrons. The van der Waals surface area contributed by atoms with Crippen LogP contribution >= 0.6 is 0 Å². The van der Waals surface area contributed by atoms with Crippen molar-refractivity contribution < 1.29 is 27.8 Å². The first-order chi connectivity index (χ1) is 8.81. The molecule has 0 bridgehead atoms. The zero-order valence-corrected chi connectivity index (χ0v) is 10.4. The number of alkyl halides is 3. The van der Waals surface area contributed by atoms with E-state index < -0.39 is 30.9 Å². The minimum Gasteiger partial charge on any atom is -0.497 e. The third-order valence-electron chi connectivity index (χ3n) is 2.74. The van der Waals surface area contributed by atoms with Gasteiger partial charge >= 0.3 is 12.1 Å². The Morgan fingerprint density at radius 3 is 2.63 bits per heavy atom. The number of rotatable bonds is 6. The smallest absolute Gasteiger partial charge is 0.389 e. The van der Waals surface area contributed by atoms with Gasteiger partial charge in [-0.2, -0.15) is 13.2 Å². The van der Waals surface area contributed by atoms with Crippen molar-refractivity contribution in [1.29, 1.82) is 0 Å². The van der Waals surface area contributed by atoms with E-state index in [1.165, 1.54) is 7.11 Å². The second-order valence-corrected chi connectivity index (χ2v) is 4.24. The molecule has 106 valence electrons. The molecule has 0 aliphatic rings. The Labute approximate surface area is 109 Å². The van der Waals surface area contributed by atoms with Gasteiger partial charge in [0.05, 0.1) is 13.0 Å². The number of carbonyl (C=O) groups is 1. The van der Waals surface area contributed by atoms with E-state index in [0.29, 0.717) is 11.3 Å². The van der Waals surface area contributed by atoms with Crippen molar-refractivity contribution in [2.24, 2.45) is 5.92 Å². The van der Waals surface area contributed by atoms with Crippen LogP contribution in [0.2, 0.25) is 0 Å². The van der Waals surface area contributed by atoms with E-state index in [4.69, 9.17) is 9.84 Å². The zero-order chi connectivity index (χ0) is 14.5. The summed E-state index contributed by atoms with van der Waals surface area (Å²) in [4.78, 5) is 11.0. The lowest BCUT2D eigenvalue weighted by Crippen LogP contribution is -2.20. The van der Waals surface area contributed by atoms with Crippen LogP contribution in [0.5, 0.6) is 5.75 Å². The Bertz CT molecular complexity index is 429. The first kappa shape index (κ1) is 15.3. The maximum absolute atomic E-state index is 12.1. The molecule has 0 saturated carbocycles. The minimum absolute atomic E-state index is 0.0581. The summed E-state index contributed by atoms with van der Waals surface area (Å²) in [6.45, 7) is 0. The normalized spacial score (nSPS) is 13.1. The second-order valence-electron chi connectivity index (χ2n) is 4.24. The van der Waals surface area contributed by atoms with Crippen molar-refractivity contribution in [1.82, 2.24) is 0 Å². The van der Waals surface area contributed by atoms with Crippen LogP contribution in [0.3, 0.4) is 0 Å². The van der Waals surface area contributed by atoms with Gasteiger partial charge in [-0.3, -0.25) is 4.79 Å². The van der Waals surface area contributed by atoms with Crippen LogP contribution in [0.15, 0.2) is 24.3 Å². The van der Waals surface area contributed by atoms with Gasteiger partial charge in [-0.25, -0.2) is 0 Å². The molecule has 0 aromatic heterocycles. The number of carboxylic acid groups (broad SMARTS) is 1. The number of aliphatic carboxylic acids is 1. The van der Waals surface area contributed by atoms with Gasteiger partial charge in [0.2, 0.25) is 0 Å². The monoisotopic (exact) mass is 276 g/mol. The topological polar surface area (TPSA) is 46.5 Å². The van der Waals surface area contributed by atoms with E-state index in [1.807, 2.05) is 0 Å². The maximum Gasteiger partial charge on any atom is 0.389 e. The quantitative estimate of drug-likeness (QED) is 0.867. The predicted octanol–water partition coefficient (Wildman–Crippen LogP) is 3.28. The number of hydrogen-bond donors (Lipinski definition) is 1. The minimum atomic E-state index is -4.33. The van der Waals surface area contributed by atoms with Crippen molar-refractivity contribution >= 4 is 5.97 Å². The van der Waals surface area contributed by atoms with E-state index >= 15 is 0 Å². The molecule has 1 rings (SSSR count). The SMILES string of the molecule is COc1cccc(CC(CCC(F)(F)F)C(=O)O)c1. The summed E-state index contributed by atoms with van der Waals surface area (Å²) < 4.78 is 41.4. The van der Waals surface area contributed by atoms with Gasteiger partial charge in [-0.15, -0.1) is 0 Å². The number of hydrogen-bond acceptors (Lipinski definition) is 2. The molecule has 0 amide bonds. The Morgan fingerprint density at radius 2 is 2.11 bits per heavy atom. The van der Waals surface area contributed by atoms with E-state index in [-0.39, 0.29) is 6.42 Å². The molecule has 0 spiro atoms. The van der Waals surface area contributed by atoms with Crippen molar-refractivity contribution in [3.8, 4) is 5.75 Å². The average molecular weight is 276 g/mol. The molecule has 6 heteroatoms. The van der Waals surface area contributed by atoms with Crippen LogP contribution in [0.1, 0.15) is 18.4 Å². The van der Waals surface area contributed by atoms with Crippen LogP contribution < -0.4 is 4.74 Å². The molecule has 0 aliphatic carbocycles. The van der Waals surface area contributed by atoms with Gasteiger partial charge in [0, 0.05) is 6.42 Å². The third kappa shape index (κ3) is 5.63. The molecule has 1 aromatic rings. The van der Waals surface area contributed by atoms with Crippen LogP contribution in [0.25, 0.3) is 0 Å². The van der Waals surface area contributed by atoms with Crippen molar-refractivity contribution in [2.75, 3.05) is 7.11 Å². The number of halogens is 3. The molecule has 19 heavy (non-hydrogen) atoms. The van der Waals surface area contributed by atoms with Crippen LogP contribution in [-0.4, -0.2) is 24.4 Å². The lowest BCUT2D eigenvalue weighted by molar-refractivity contribution is -0.148. The fraction of sp³-hybridized carbons (Fsp3) is 0.462. The van der Waals surface area contributed by atoms with Crippen LogP contribution in [0.4, 0.5) is 13.2 Å². The van der Waals surface area contributed by atoms with Gasteiger partial charge in [-0.1, -0.05) is 12.1 Å². The fourth-order valence-electron chi connectivity index (χ4n) is 1.73. The number of ether oxygens (including phenoxy) is 1. The molecule has 1 unspecified atom stereocenters. The fourth-order valence-corrected chi connectivity index (χ4v) is 1.73. The average Bonchev–Trinajstić information content (AvgIpc) is 2.33. The van der Waals surface area contributed by atoms with E-state index in [0.717, 1.165) is 0 Å². The number of benzene rings is 1. The summed E-state index contributed by atoms with van der Waals surface area (Å²) in [5.41, 5.74) is 0.647. The molecule has 3 nitrogen and oxygen atoms in total. The highest BCUT2D eigenvalue weighted by molar-refractivity contribution is 5.70. The van der Waals surface area contributed by atoms with Crippen LogP contribution in [-0.2, 0) is 11.2 Å². The largest absolute Gasteiger partial charge is 0.497 e. The Kier molecular flexibility index (Phi) is 5.20. The summed E-state index contributed by atoms with van der Waals surface area (Å²) in [6.07, 6.45) is -5.78. The van der Waals surface area contributed by atoms with Gasteiger partial charge in [0.25, 0.3) is 0 Å². The number of methoxy groups -OCH3 is 1. The summed E-state index contributed by atoms with van der Waals surface area (Å²) >= 11 is 0. The summed E-state index contributed by atoms with van der Waals surface area (Å²) in [6, 6.07) is 6.67. The van der Waals surface area contributed by atoms with Crippen LogP contribution in [0, 0.1) is 5.92 Å². The first-order valence-electron chi connectivity index (χ1n) is 5.74. The predicted molar refractivity (Wildman–Crippen MR) is 63.1 cm³/mol. The maximum atomic E-state index is 12.1. The van der Waals surface area contributed by atoms with E-state index in [9.17, 15) is 18.0 Å². The molecule has 1 N–H and O–H groups in total. The van der Waals surface area contributed by atoms with Gasteiger partial charge in [-0.05, 0) is 30.5 Å². The first-order valence-corrected chi connectivity index (χ1v) is 5.74. The van der Waals surface area contributed by atoms with Crippen molar-refractivity contribution in [3.05, 3.63) is 29.8 Å². The van der Waals surface area contributed by atoms with Gasteiger partial charge in [0.15, 0.2) is 0 Å². The van der Waals surface area contributed by atoms with E-state index in [1.54, 1.807) is 24.3 Å². The molecule has 1 aromatic carbocycles. The Morgan fingerprint density at radius 1 is 1.42 bits per heavy atom. The molecule has 0 fully saturated rings. The van der Waals surface area contributed by atoms with Crippen molar-refractivity contribution in [3.63, 3.8) is 0 Å². The highest BCUT2D eigenvalue weighted by Crippen LogP contribution is 2.26. The third-order valence-corrected chi connectivity index (χ3v) is 2.74.